The largest absolute Gasteiger partial charge is 0.353 e. The third kappa shape index (κ3) is 5.73. The van der Waals surface area contributed by atoms with Gasteiger partial charge in [-0.3, -0.25) is 9.59 Å². The van der Waals surface area contributed by atoms with Crippen LogP contribution in [0.25, 0.3) is 0 Å². The Bertz CT molecular complexity index is 518. The second-order valence-corrected chi connectivity index (χ2v) is 5.60. The van der Waals surface area contributed by atoms with Crippen LogP contribution in [0, 0.1) is 6.92 Å². The van der Waals surface area contributed by atoms with Gasteiger partial charge in [-0.1, -0.05) is 17.7 Å². The topological polar surface area (TPSA) is 52.7 Å². The van der Waals surface area contributed by atoms with Crippen LogP contribution in [0.15, 0.2) is 18.2 Å². The van der Waals surface area contributed by atoms with Crippen LogP contribution in [0.5, 0.6) is 0 Å². The first-order valence-electron chi connectivity index (χ1n) is 6.77. The molecule has 0 fully saturated rings. The minimum Gasteiger partial charge on any atom is -0.353 e. The molecule has 0 aliphatic heterocycles. The fraction of sp³-hybridized carbons (Fsp3) is 0.467. The molecule has 0 bridgehead atoms. The summed E-state index contributed by atoms with van der Waals surface area (Å²) in [7, 11) is 3.87. The van der Waals surface area contributed by atoms with Crippen molar-refractivity contribution < 1.29 is 9.59 Å². The normalized spacial score (nSPS) is 10.6. The fourth-order valence-electron chi connectivity index (χ4n) is 1.75. The molecule has 0 unspecified atom stereocenters. The molecule has 6 heteroatoms. The van der Waals surface area contributed by atoms with Gasteiger partial charge in [-0.25, -0.2) is 0 Å². The molecule has 0 heterocycles. The molecule has 116 valence electrons. The third-order valence-electron chi connectivity index (χ3n) is 3.03. The number of hydrogen-bond donors (Lipinski definition) is 1. The molecule has 5 nitrogen and oxygen atoms in total. The van der Waals surface area contributed by atoms with Crippen molar-refractivity contribution in [2.24, 2.45) is 0 Å². The summed E-state index contributed by atoms with van der Waals surface area (Å²) in [6.45, 7) is 4.61. The van der Waals surface area contributed by atoms with Crippen molar-refractivity contribution in [3.05, 3.63) is 28.8 Å². The summed E-state index contributed by atoms with van der Waals surface area (Å²) in [5, 5.41) is 3.36. The summed E-state index contributed by atoms with van der Waals surface area (Å²) in [6.07, 6.45) is 0. The summed E-state index contributed by atoms with van der Waals surface area (Å²) in [5.41, 5.74) is 1.56. The summed E-state index contributed by atoms with van der Waals surface area (Å²) in [5.74, 6) is -0.388. The first-order chi connectivity index (χ1) is 9.81. The number of likely N-dealkylation sites (N-methyl/N-ethyl adjacent to an activating group) is 1. The zero-order valence-electron chi connectivity index (χ0n) is 12.9. The number of benzene rings is 1. The van der Waals surface area contributed by atoms with Gasteiger partial charge in [-0.15, -0.1) is 0 Å². The second kappa shape index (κ2) is 8.00. The highest BCUT2D eigenvalue weighted by molar-refractivity contribution is 6.31. The van der Waals surface area contributed by atoms with Crippen molar-refractivity contribution >= 4 is 29.1 Å². The zero-order chi connectivity index (χ0) is 16.0. The number of amides is 2. The standard InChI is InChI=1S/C15H22ClN3O2/c1-11-5-6-13(9-14(11)16)19(12(2)20)10-15(21)17-7-8-18(3)4/h5-6,9H,7-8,10H2,1-4H3,(H,17,21). The van der Waals surface area contributed by atoms with E-state index in [1.165, 1.54) is 11.8 Å². The number of halogens is 1. The number of nitrogens with one attached hydrogen (secondary N) is 1. The van der Waals surface area contributed by atoms with Gasteiger partial charge < -0.3 is 15.1 Å². The van der Waals surface area contributed by atoms with Gasteiger partial charge in [0.2, 0.25) is 11.8 Å². The molecule has 2 amide bonds. The molecule has 0 spiro atoms. The van der Waals surface area contributed by atoms with Crippen LogP contribution in [0.1, 0.15) is 12.5 Å². The Balaban J connectivity index is 2.71. The van der Waals surface area contributed by atoms with Crippen molar-refractivity contribution in [2.45, 2.75) is 13.8 Å². The van der Waals surface area contributed by atoms with Crippen LogP contribution < -0.4 is 10.2 Å². The van der Waals surface area contributed by atoms with Crippen LogP contribution in [0.4, 0.5) is 5.69 Å². The first kappa shape index (κ1) is 17.5. The molecule has 0 aliphatic carbocycles. The summed E-state index contributed by atoms with van der Waals surface area (Å²) < 4.78 is 0. The minimum atomic E-state index is -0.197. The van der Waals surface area contributed by atoms with Crippen LogP contribution in [0.2, 0.25) is 5.02 Å². The Labute approximate surface area is 130 Å². The highest BCUT2D eigenvalue weighted by Gasteiger charge is 2.16. The van der Waals surface area contributed by atoms with E-state index >= 15 is 0 Å². The van der Waals surface area contributed by atoms with Gasteiger partial charge in [0.05, 0.1) is 0 Å². The number of carbonyl (C=O) groups is 2. The van der Waals surface area contributed by atoms with Crippen molar-refractivity contribution in [1.82, 2.24) is 10.2 Å². The van der Waals surface area contributed by atoms with E-state index in [4.69, 9.17) is 11.6 Å². The van der Waals surface area contributed by atoms with Crippen molar-refractivity contribution in [1.29, 1.82) is 0 Å². The number of anilines is 1. The summed E-state index contributed by atoms with van der Waals surface area (Å²) in [6, 6.07) is 5.32. The van der Waals surface area contributed by atoms with Crippen LogP contribution in [-0.2, 0) is 9.59 Å². The number of aryl methyl sites for hydroxylation is 1. The average Bonchev–Trinajstić information content (AvgIpc) is 2.38. The highest BCUT2D eigenvalue weighted by Crippen LogP contribution is 2.23. The maximum atomic E-state index is 11.9. The lowest BCUT2D eigenvalue weighted by Gasteiger charge is -2.21. The fourth-order valence-corrected chi connectivity index (χ4v) is 1.93. The van der Waals surface area contributed by atoms with Crippen molar-refractivity contribution in [3.8, 4) is 0 Å². The van der Waals surface area contributed by atoms with E-state index in [1.54, 1.807) is 12.1 Å². The molecule has 1 aromatic rings. The lowest BCUT2D eigenvalue weighted by molar-refractivity contribution is -0.123. The van der Waals surface area contributed by atoms with E-state index in [0.29, 0.717) is 17.3 Å². The van der Waals surface area contributed by atoms with E-state index < -0.39 is 0 Å². The molecule has 1 aromatic carbocycles. The van der Waals surface area contributed by atoms with Crippen LogP contribution >= 0.6 is 11.6 Å². The van der Waals surface area contributed by atoms with Gasteiger partial charge >= 0.3 is 0 Å². The van der Waals surface area contributed by atoms with Crippen LogP contribution in [0.3, 0.4) is 0 Å². The van der Waals surface area contributed by atoms with E-state index in [2.05, 4.69) is 5.32 Å². The van der Waals surface area contributed by atoms with Crippen LogP contribution in [-0.4, -0.2) is 50.4 Å². The predicted octanol–water partition coefficient (Wildman–Crippen LogP) is 1.68. The minimum absolute atomic E-state index is 0.0118. The maximum Gasteiger partial charge on any atom is 0.240 e. The Morgan fingerprint density at radius 3 is 2.48 bits per heavy atom. The molecular weight excluding hydrogens is 290 g/mol. The van der Waals surface area contributed by atoms with E-state index in [1.807, 2.05) is 32.0 Å². The lowest BCUT2D eigenvalue weighted by atomic mass is 10.2. The monoisotopic (exact) mass is 311 g/mol. The summed E-state index contributed by atoms with van der Waals surface area (Å²) in [4.78, 5) is 27.0. The Kier molecular flexibility index (Phi) is 6.65. The average molecular weight is 312 g/mol. The molecule has 0 saturated heterocycles. The molecule has 0 aliphatic rings. The van der Waals surface area contributed by atoms with Crippen molar-refractivity contribution in [3.63, 3.8) is 0 Å². The molecule has 0 saturated carbocycles. The van der Waals surface area contributed by atoms with Gasteiger partial charge in [-0.2, -0.15) is 0 Å². The number of hydrogen-bond acceptors (Lipinski definition) is 3. The molecule has 1 rings (SSSR count). The van der Waals surface area contributed by atoms with Gasteiger partial charge in [-0.05, 0) is 38.7 Å². The van der Waals surface area contributed by atoms with Gasteiger partial charge in [0, 0.05) is 30.7 Å². The maximum absolute atomic E-state index is 11.9. The van der Waals surface area contributed by atoms with E-state index in [9.17, 15) is 9.59 Å². The van der Waals surface area contributed by atoms with Gasteiger partial charge in [0.15, 0.2) is 0 Å². The Morgan fingerprint density at radius 1 is 1.29 bits per heavy atom. The Morgan fingerprint density at radius 2 is 1.95 bits per heavy atom. The molecular formula is C15H22ClN3O2. The quantitative estimate of drug-likeness (QED) is 0.869. The highest BCUT2D eigenvalue weighted by atomic mass is 35.5. The number of nitrogens with zero attached hydrogens (tertiary/aromatic N) is 2. The van der Waals surface area contributed by atoms with E-state index in [-0.39, 0.29) is 18.4 Å². The molecule has 21 heavy (non-hydrogen) atoms. The van der Waals surface area contributed by atoms with E-state index in [0.717, 1.165) is 12.1 Å². The smallest absolute Gasteiger partial charge is 0.240 e. The predicted molar refractivity (Wildman–Crippen MR) is 85.8 cm³/mol. The zero-order valence-corrected chi connectivity index (χ0v) is 13.7. The second-order valence-electron chi connectivity index (χ2n) is 5.19. The van der Waals surface area contributed by atoms with Gasteiger partial charge in [0.25, 0.3) is 0 Å². The van der Waals surface area contributed by atoms with Gasteiger partial charge in [0.1, 0.15) is 6.54 Å². The third-order valence-corrected chi connectivity index (χ3v) is 3.44. The number of carbonyl (C=O) groups excluding carboxylic acids is 2. The first-order valence-corrected chi connectivity index (χ1v) is 7.14. The lowest BCUT2D eigenvalue weighted by Crippen LogP contribution is -2.41. The SMILES string of the molecule is CC(=O)N(CC(=O)NCCN(C)C)c1ccc(C)c(Cl)c1. The number of rotatable bonds is 6. The Hall–Kier alpha value is -1.59. The molecule has 0 atom stereocenters. The molecule has 0 aromatic heterocycles. The molecule has 0 radical (unpaired) electrons. The summed E-state index contributed by atoms with van der Waals surface area (Å²) >= 11 is 6.07. The molecule has 1 N–H and O–H groups in total. The van der Waals surface area contributed by atoms with Crippen molar-refractivity contribution in [2.75, 3.05) is 38.6 Å².